The second-order valence-electron chi connectivity index (χ2n) is 6.81. The van der Waals surface area contributed by atoms with Gasteiger partial charge >= 0.3 is 12.0 Å². The molecule has 0 aliphatic carbocycles. The summed E-state index contributed by atoms with van der Waals surface area (Å²) in [5.41, 5.74) is 1.30. The molecule has 2 amide bonds. The molecule has 1 saturated heterocycles. The van der Waals surface area contributed by atoms with E-state index in [0.29, 0.717) is 31.8 Å². The molecule has 0 atom stereocenters. The number of para-hydroxylation sites is 1. The van der Waals surface area contributed by atoms with Gasteiger partial charge in [0.2, 0.25) is 0 Å². The van der Waals surface area contributed by atoms with Crippen LogP contribution < -0.4 is 10.2 Å². The molecule has 1 N–H and O–H groups in total. The lowest BCUT2D eigenvalue weighted by Gasteiger charge is -2.23. The van der Waals surface area contributed by atoms with Crippen molar-refractivity contribution in [1.29, 1.82) is 0 Å². The summed E-state index contributed by atoms with van der Waals surface area (Å²) in [6.45, 7) is 7.00. The van der Waals surface area contributed by atoms with Crippen LogP contribution in [0.3, 0.4) is 0 Å². The molecular formula is C22H28N4O3S. The van der Waals surface area contributed by atoms with Crippen LogP contribution in [0.25, 0.3) is 0 Å². The lowest BCUT2D eigenvalue weighted by atomic mass is 10.2. The van der Waals surface area contributed by atoms with Gasteiger partial charge in [0.05, 0.1) is 17.9 Å². The Morgan fingerprint density at radius 2 is 1.93 bits per heavy atom. The minimum atomic E-state index is -0.364. The zero-order valence-corrected chi connectivity index (χ0v) is 18.3. The fourth-order valence-corrected chi connectivity index (χ4v) is 4.06. The molecule has 0 unspecified atom stereocenters. The number of pyridine rings is 1. The molecule has 2 heterocycles. The number of esters is 1. The number of amides is 2. The van der Waals surface area contributed by atoms with Crippen LogP contribution in [-0.2, 0) is 4.74 Å². The number of anilines is 2. The lowest BCUT2D eigenvalue weighted by Crippen LogP contribution is -2.38. The number of nitrogens with zero attached hydrogens (tertiary/aromatic N) is 3. The molecule has 1 aromatic carbocycles. The number of aromatic nitrogens is 1. The topological polar surface area (TPSA) is 74.8 Å². The zero-order valence-electron chi connectivity index (χ0n) is 17.5. The predicted octanol–water partition coefficient (Wildman–Crippen LogP) is 4.11. The van der Waals surface area contributed by atoms with Crippen LogP contribution in [0.15, 0.2) is 47.5 Å². The minimum Gasteiger partial charge on any atom is -0.462 e. The first-order valence-corrected chi connectivity index (χ1v) is 11.3. The highest BCUT2D eigenvalue weighted by Gasteiger charge is 2.21. The van der Waals surface area contributed by atoms with Crippen LogP contribution in [0, 0.1) is 0 Å². The van der Waals surface area contributed by atoms with E-state index in [1.165, 1.54) is 0 Å². The molecule has 160 valence electrons. The van der Waals surface area contributed by atoms with E-state index in [-0.39, 0.29) is 12.0 Å². The summed E-state index contributed by atoms with van der Waals surface area (Å²) in [5.74, 6) is 1.39. The first-order valence-electron chi connectivity index (χ1n) is 10.3. The highest BCUT2D eigenvalue weighted by Crippen LogP contribution is 2.27. The van der Waals surface area contributed by atoms with Gasteiger partial charge in [-0.05, 0) is 43.4 Å². The fraction of sp³-hybridized carbons (Fsp3) is 0.409. The Balaban J connectivity index is 1.59. The van der Waals surface area contributed by atoms with Gasteiger partial charge in [-0.3, -0.25) is 0 Å². The SMILES string of the molecule is CCOC(=O)c1ccc(N2CCCN(C(=O)Nc3ccccc3SCC)CC2)nc1. The van der Waals surface area contributed by atoms with Crippen LogP contribution in [-0.4, -0.2) is 60.4 Å². The quantitative estimate of drug-likeness (QED) is 0.551. The van der Waals surface area contributed by atoms with Crippen molar-refractivity contribution in [2.75, 3.05) is 48.8 Å². The Bertz CT molecular complexity index is 860. The average molecular weight is 429 g/mol. The van der Waals surface area contributed by atoms with Crippen LogP contribution in [0.1, 0.15) is 30.6 Å². The molecule has 1 fully saturated rings. The lowest BCUT2D eigenvalue weighted by molar-refractivity contribution is 0.0526. The number of rotatable bonds is 6. The van der Waals surface area contributed by atoms with Gasteiger partial charge in [-0.1, -0.05) is 19.1 Å². The second-order valence-corrected chi connectivity index (χ2v) is 8.12. The normalized spacial score (nSPS) is 14.2. The first-order chi connectivity index (χ1) is 14.6. The summed E-state index contributed by atoms with van der Waals surface area (Å²) in [5, 5.41) is 3.06. The predicted molar refractivity (Wildman–Crippen MR) is 120 cm³/mol. The third-order valence-corrected chi connectivity index (χ3v) is 5.75. The van der Waals surface area contributed by atoms with Crippen molar-refractivity contribution in [1.82, 2.24) is 9.88 Å². The summed E-state index contributed by atoms with van der Waals surface area (Å²) < 4.78 is 5.00. The molecule has 0 saturated carbocycles. The molecule has 1 aliphatic heterocycles. The number of benzene rings is 1. The van der Waals surface area contributed by atoms with E-state index in [1.807, 2.05) is 35.2 Å². The number of ether oxygens (including phenoxy) is 1. The molecule has 0 spiro atoms. The van der Waals surface area contributed by atoms with Crippen molar-refractivity contribution in [2.45, 2.75) is 25.2 Å². The molecule has 8 heteroatoms. The Kier molecular flexibility index (Phi) is 7.96. The monoisotopic (exact) mass is 428 g/mol. The Morgan fingerprint density at radius 3 is 2.67 bits per heavy atom. The maximum Gasteiger partial charge on any atom is 0.339 e. The van der Waals surface area contributed by atoms with Gasteiger partial charge in [0.1, 0.15) is 5.82 Å². The second kappa shape index (κ2) is 10.9. The number of urea groups is 1. The fourth-order valence-electron chi connectivity index (χ4n) is 3.30. The van der Waals surface area contributed by atoms with Gasteiger partial charge in [-0.25, -0.2) is 14.6 Å². The number of thioether (sulfide) groups is 1. The molecule has 7 nitrogen and oxygen atoms in total. The van der Waals surface area contributed by atoms with Gasteiger partial charge in [0.15, 0.2) is 0 Å². The largest absolute Gasteiger partial charge is 0.462 e. The van der Waals surface area contributed by atoms with Crippen molar-refractivity contribution in [3.8, 4) is 0 Å². The molecule has 30 heavy (non-hydrogen) atoms. The maximum atomic E-state index is 12.8. The molecule has 0 bridgehead atoms. The third kappa shape index (κ3) is 5.66. The number of carbonyl (C=O) groups is 2. The summed E-state index contributed by atoms with van der Waals surface area (Å²) in [6.07, 6.45) is 2.39. The standard InChI is InChI=1S/C22H28N4O3S/c1-3-29-21(27)17-10-11-20(23-16-17)25-12-7-13-26(15-14-25)22(28)24-18-8-5-6-9-19(18)30-4-2/h5-6,8-11,16H,3-4,7,12-15H2,1-2H3,(H,24,28). The number of hydrogen-bond acceptors (Lipinski definition) is 6. The number of carbonyl (C=O) groups excluding carboxylic acids is 2. The maximum absolute atomic E-state index is 12.8. The smallest absolute Gasteiger partial charge is 0.339 e. The Morgan fingerprint density at radius 1 is 1.10 bits per heavy atom. The van der Waals surface area contributed by atoms with E-state index >= 15 is 0 Å². The highest BCUT2D eigenvalue weighted by atomic mass is 32.2. The van der Waals surface area contributed by atoms with Gasteiger partial charge in [-0.15, -0.1) is 11.8 Å². The summed E-state index contributed by atoms with van der Waals surface area (Å²) >= 11 is 1.72. The summed E-state index contributed by atoms with van der Waals surface area (Å²) in [7, 11) is 0. The van der Waals surface area contributed by atoms with E-state index in [4.69, 9.17) is 4.74 Å². The molecule has 1 aliphatic rings. The van der Waals surface area contributed by atoms with E-state index in [9.17, 15) is 9.59 Å². The molecule has 2 aromatic rings. The number of hydrogen-bond donors (Lipinski definition) is 1. The van der Waals surface area contributed by atoms with E-state index < -0.39 is 0 Å². The van der Waals surface area contributed by atoms with Crippen LogP contribution in [0.5, 0.6) is 0 Å². The average Bonchev–Trinajstić information content (AvgIpc) is 3.02. The molecule has 1 aromatic heterocycles. The minimum absolute atomic E-state index is 0.0772. The van der Waals surface area contributed by atoms with Crippen LogP contribution in [0.2, 0.25) is 0 Å². The van der Waals surface area contributed by atoms with Gasteiger partial charge in [0, 0.05) is 37.3 Å². The Hall–Kier alpha value is -2.74. The van der Waals surface area contributed by atoms with E-state index in [0.717, 1.165) is 35.1 Å². The van der Waals surface area contributed by atoms with Gasteiger partial charge in [-0.2, -0.15) is 0 Å². The Labute approximate surface area is 181 Å². The van der Waals surface area contributed by atoms with Gasteiger partial charge < -0.3 is 19.9 Å². The third-order valence-electron chi connectivity index (χ3n) is 4.79. The van der Waals surface area contributed by atoms with Crippen molar-refractivity contribution in [2.24, 2.45) is 0 Å². The van der Waals surface area contributed by atoms with E-state index in [2.05, 4.69) is 22.1 Å². The summed E-state index contributed by atoms with van der Waals surface area (Å²) in [6, 6.07) is 11.4. The molecule has 0 radical (unpaired) electrons. The van der Waals surface area contributed by atoms with Crippen molar-refractivity contribution < 1.29 is 14.3 Å². The van der Waals surface area contributed by atoms with E-state index in [1.54, 1.807) is 30.9 Å². The molecular weight excluding hydrogens is 400 g/mol. The number of nitrogens with one attached hydrogen (secondary N) is 1. The van der Waals surface area contributed by atoms with Crippen molar-refractivity contribution in [3.05, 3.63) is 48.2 Å². The van der Waals surface area contributed by atoms with Crippen molar-refractivity contribution >= 4 is 35.3 Å². The molecule has 3 rings (SSSR count). The van der Waals surface area contributed by atoms with Crippen LogP contribution in [0.4, 0.5) is 16.3 Å². The zero-order chi connectivity index (χ0) is 21.3. The van der Waals surface area contributed by atoms with Crippen LogP contribution >= 0.6 is 11.8 Å². The van der Waals surface area contributed by atoms with Crippen molar-refractivity contribution in [3.63, 3.8) is 0 Å². The summed E-state index contributed by atoms with van der Waals surface area (Å²) in [4.78, 5) is 34.1. The first kappa shape index (κ1) is 22.0. The van der Waals surface area contributed by atoms with Gasteiger partial charge in [0.25, 0.3) is 0 Å². The highest BCUT2D eigenvalue weighted by molar-refractivity contribution is 7.99.